The first kappa shape index (κ1) is 15.2. The normalized spacial score (nSPS) is 30.2. The predicted octanol–water partition coefficient (Wildman–Crippen LogP) is -0.0837. The molecule has 3 rings (SSSR count). The summed E-state index contributed by atoms with van der Waals surface area (Å²) in [5.41, 5.74) is 0.267. The molecule has 6 nitrogen and oxygen atoms in total. The van der Waals surface area contributed by atoms with Crippen LogP contribution >= 0.6 is 0 Å². The number of rotatable bonds is 3. The number of sulfonamides is 1. The number of carbonyl (C=O) groups is 1. The van der Waals surface area contributed by atoms with Crippen LogP contribution in [0.4, 0.5) is 0 Å². The zero-order chi connectivity index (χ0) is 15.1. The summed E-state index contributed by atoms with van der Waals surface area (Å²) in [5, 5.41) is 6.49. The molecule has 1 amide bonds. The van der Waals surface area contributed by atoms with Gasteiger partial charge in [0.1, 0.15) is 0 Å². The topological polar surface area (TPSA) is 78.5 Å². The third-order valence-corrected chi connectivity index (χ3v) is 6.68. The summed E-state index contributed by atoms with van der Waals surface area (Å²) >= 11 is 0. The second-order valence-electron chi connectivity index (χ2n) is 6.81. The molecule has 2 N–H and O–H groups in total. The number of piperidine rings is 2. The molecule has 0 radical (unpaired) electrons. The van der Waals surface area contributed by atoms with Crippen molar-refractivity contribution >= 4 is 15.9 Å². The Hall–Kier alpha value is -0.660. The van der Waals surface area contributed by atoms with Crippen molar-refractivity contribution < 1.29 is 13.2 Å². The van der Waals surface area contributed by atoms with E-state index in [0.29, 0.717) is 13.1 Å². The van der Waals surface area contributed by atoms with Gasteiger partial charge in [0, 0.05) is 25.0 Å². The molecule has 2 saturated heterocycles. The van der Waals surface area contributed by atoms with Crippen LogP contribution in [0.15, 0.2) is 0 Å². The van der Waals surface area contributed by atoms with E-state index in [-0.39, 0.29) is 23.3 Å². The molecule has 1 aliphatic carbocycles. The number of carbonyl (C=O) groups excluding carboxylic acids is 1. The highest BCUT2D eigenvalue weighted by atomic mass is 32.2. The van der Waals surface area contributed by atoms with E-state index in [2.05, 4.69) is 10.6 Å². The molecule has 0 bridgehead atoms. The molecule has 120 valence electrons. The molecule has 3 aliphatic rings. The molecular formula is C14H25N3O3S. The molecule has 1 atom stereocenters. The van der Waals surface area contributed by atoms with E-state index in [1.165, 1.54) is 10.6 Å². The molecule has 1 spiro atoms. The minimum atomic E-state index is -3.09. The highest BCUT2D eigenvalue weighted by molar-refractivity contribution is 7.88. The summed E-state index contributed by atoms with van der Waals surface area (Å²) in [4.78, 5) is 12.4. The SMILES string of the molecule is CS(=O)(=O)N1CCC(NC(=O)C2CC23CCNCC3)CC1. The molecule has 2 aliphatic heterocycles. The fraction of sp³-hybridized carbons (Fsp3) is 0.929. The number of nitrogens with zero attached hydrogens (tertiary/aromatic N) is 1. The van der Waals surface area contributed by atoms with Crippen LogP contribution < -0.4 is 10.6 Å². The van der Waals surface area contributed by atoms with Gasteiger partial charge in [0.25, 0.3) is 0 Å². The summed E-state index contributed by atoms with van der Waals surface area (Å²) in [5.74, 6) is 0.377. The van der Waals surface area contributed by atoms with Crippen LogP contribution in [0.1, 0.15) is 32.1 Å². The number of amides is 1. The van der Waals surface area contributed by atoms with Gasteiger partial charge in [-0.25, -0.2) is 12.7 Å². The molecule has 0 aromatic rings. The van der Waals surface area contributed by atoms with Gasteiger partial charge in [0.2, 0.25) is 15.9 Å². The van der Waals surface area contributed by atoms with E-state index >= 15 is 0 Å². The van der Waals surface area contributed by atoms with Crippen molar-refractivity contribution in [2.24, 2.45) is 11.3 Å². The van der Waals surface area contributed by atoms with Crippen LogP contribution in [-0.2, 0) is 14.8 Å². The van der Waals surface area contributed by atoms with Gasteiger partial charge < -0.3 is 10.6 Å². The molecule has 2 heterocycles. The van der Waals surface area contributed by atoms with Crippen LogP contribution in [0.5, 0.6) is 0 Å². The summed E-state index contributed by atoms with van der Waals surface area (Å²) in [7, 11) is -3.09. The molecule has 1 saturated carbocycles. The van der Waals surface area contributed by atoms with Crippen LogP contribution in [0.25, 0.3) is 0 Å². The quantitative estimate of drug-likeness (QED) is 0.763. The van der Waals surface area contributed by atoms with Gasteiger partial charge in [-0.1, -0.05) is 0 Å². The number of hydrogen-bond acceptors (Lipinski definition) is 4. The van der Waals surface area contributed by atoms with Gasteiger partial charge >= 0.3 is 0 Å². The molecule has 21 heavy (non-hydrogen) atoms. The minimum Gasteiger partial charge on any atom is -0.353 e. The zero-order valence-corrected chi connectivity index (χ0v) is 13.4. The molecule has 0 aromatic heterocycles. The monoisotopic (exact) mass is 315 g/mol. The maximum Gasteiger partial charge on any atom is 0.223 e. The fourth-order valence-electron chi connectivity index (χ4n) is 3.83. The number of nitrogens with one attached hydrogen (secondary N) is 2. The second-order valence-corrected chi connectivity index (χ2v) is 8.80. The lowest BCUT2D eigenvalue weighted by molar-refractivity contribution is -0.124. The zero-order valence-electron chi connectivity index (χ0n) is 12.6. The first-order valence-electron chi connectivity index (χ1n) is 7.87. The lowest BCUT2D eigenvalue weighted by Gasteiger charge is -2.31. The Labute approximate surface area is 126 Å². The van der Waals surface area contributed by atoms with Gasteiger partial charge in [-0.3, -0.25) is 4.79 Å². The standard InChI is InChI=1S/C14H25N3O3S/c1-21(19,20)17-8-2-11(3-9-17)16-13(18)12-10-14(12)4-6-15-7-5-14/h11-12,15H,2-10H2,1H3,(H,16,18). The largest absolute Gasteiger partial charge is 0.353 e. The maximum atomic E-state index is 12.4. The maximum absolute atomic E-state index is 12.4. The third kappa shape index (κ3) is 3.24. The molecular weight excluding hydrogens is 290 g/mol. The van der Waals surface area contributed by atoms with Gasteiger partial charge in [-0.15, -0.1) is 0 Å². The van der Waals surface area contributed by atoms with E-state index in [4.69, 9.17) is 0 Å². The van der Waals surface area contributed by atoms with Crippen molar-refractivity contribution in [3.8, 4) is 0 Å². The van der Waals surface area contributed by atoms with Gasteiger partial charge in [-0.05, 0) is 50.6 Å². The van der Waals surface area contributed by atoms with E-state index in [0.717, 1.165) is 45.2 Å². The Kier molecular flexibility index (Phi) is 4.00. The van der Waals surface area contributed by atoms with Crippen LogP contribution in [0.3, 0.4) is 0 Å². The van der Waals surface area contributed by atoms with Crippen molar-refractivity contribution in [1.29, 1.82) is 0 Å². The Morgan fingerprint density at radius 2 is 1.86 bits per heavy atom. The van der Waals surface area contributed by atoms with E-state index in [9.17, 15) is 13.2 Å². The lowest BCUT2D eigenvalue weighted by atomic mass is 9.91. The third-order valence-electron chi connectivity index (χ3n) is 5.37. The Balaban J connectivity index is 1.47. The Morgan fingerprint density at radius 1 is 1.24 bits per heavy atom. The van der Waals surface area contributed by atoms with Crippen molar-refractivity contribution in [1.82, 2.24) is 14.9 Å². The smallest absolute Gasteiger partial charge is 0.223 e. The van der Waals surface area contributed by atoms with Gasteiger partial charge in [-0.2, -0.15) is 0 Å². The van der Waals surface area contributed by atoms with E-state index in [1.54, 1.807) is 0 Å². The fourth-order valence-corrected chi connectivity index (χ4v) is 4.70. The van der Waals surface area contributed by atoms with Crippen LogP contribution in [0.2, 0.25) is 0 Å². The predicted molar refractivity (Wildman–Crippen MR) is 80.2 cm³/mol. The summed E-state index contributed by atoms with van der Waals surface area (Å²) < 4.78 is 24.4. The average Bonchev–Trinajstić information content (AvgIpc) is 3.13. The summed E-state index contributed by atoms with van der Waals surface area (Å²) in [6.45, 7) is 3.08. The number of hydrogen-bond donors (Lipinski definition) is 2. The highest BCUT2D eigenvalue weighted by Gasteiger charge is 2.57. The molecule has 1 unspecified atom stereocenters. The highest BCUT2D eigenvalue weighted by Crippen LogP contribution is 2.58. The summed E-state index contributed by atoms with van der Waals surface area (Å²) in [6.07, 6.45) is 5.94. The Bertz CT molecular complexity index is 506. The van der Waals surface area contributed by atoms with Crippen molar-refractivity contribution in [3.63, 3.8) is 0 Å². The molecule has 3 fully saturated rings. The summed E-state index contributed by atoms with van der Waals surface area (Å²) in [6, 6.07) is 0.134. The average molecular weight is 315 g/mol. The van der Waals surface area contributed by atoms with Crippen molar-refractivity contribution in [3.05, 3.63) is 0 Å². The first-order chi connectivity index (χ1) is 9.91. The van der Waals surface area contributed by atoms with Crippen molar-refractivity contribution in [2.45, 2.75) is 38.1 Å². The lowest BCUT2D eigenvalue weighted by Crippen LogP contribution is -2.47. The molecule has 7 heteroatoms. The van der Waals surface area contributed by atoms with Crippen molar-refractivity contribution in [2.75, 3.05) is 32.4 Å². The molecule has 0 aromatic carbocycles. The van der Waals surface area contributed by atoms with Crippen LogP contribution in [0, 0.1) is 11.3 Å². The van der Waals surface area contributed by atoms with E-state index < -0.39 is 10.0 Å². The second kappa shape index (κ2) is 5.52. The van der Waals surface area contributed by atoms with Gasteiger partial charge in [0.15, 0.2) is 0 Å². The first-order valence-corrected chi connectivity index (χ1v) is 9.72. The minimum absolute atomic E-state index is 0.134. The Morgan fingerprint density at radius 3 is 2.43 bits per heavy atom. The van der Waals surface area contributed by atoms with E-state index in [1.807, 2.05) is 0 Å². The van der Waals surface area contributed by atoms with Crippen LogP contribution in [-0.4, -0.2) is 57.1 Å². The van der Waals surface area contributed by atoms with Gasteiger partial charge in [0.05, 0.1) is 6.26 Å².